The molecular formula is C13H17Cl2NO. The Bertz CT molecular complexity index is 393. The molecule has 0 saturated carbocycles. The molecule has 0 saturated heterocycles. The van der Waals surface area contributed by atoms with E-state index in [9.17, 15) is 0 Å². The van der Waals surface area contributed by atoms with Gasteiger partial charge < -0.3 is 10.5 Å². The molecule has 4 heteroatoms. The van der Waals surface area contributed by atoms with E-state index in [1.807, 2.05) is 18.2 Å². The van der Waals surface area contributed by atoms with Crippen LogP contribution in [0.1, 0.15) is 18.9 Å². The van der Waals surface area contributed by atoms with Gasteiger partial charge in [0.05, 0.1) is 5.02 Å². The fourth-order valence-corrected chi connectivity index (χ4v) is 1.70. The molecule has 1 rings (SSSR count). The van der Waals surface area contributed by atoms with Crippen molar-refractivity contribution in [2.45, 2.75) is 25.8 Å². The van der Waals surface area contributed by atoms with Gasteiger partial charge in [0.25, 0.3) is 0 Å². The molecule has 0 radical (unpaired) electrons. The second kappa shape index (κ2) is 6.90. The van der Waals surface area contributed by atoms with Crippen molar-refractivity contribution in [1.82, 2.24) is 0 Å². The summed E-state index contributed by atoms with van der Waals surface area (Å²) >= 11 is 11.7. The zero-order valence-corrected chi connectivity index (χ0v) is 11.4. The minimum absolute atomic E-state index is 0.167. The van der Waals surface area contributed by atoms with Crippen molar-refractivity contribution < 1.29 is 4.74 Å². The molecule has 0 fully saturated rings. The lowest BCUT2D eigenvalue weighted by Gasteiger charge is -2.11. The van der Waals surface area contributed by atoms with Gasteiger partial charge in [-0.2, -0.15) is 0 Å². The summed E-state index contributed by atoms with van der Waals surface area (Å²) in [4.78, 5) is 0. The topological polar surface area (TPSA) is 35.2 Å². The van der Waals surface area contributed by atoms with E-state index in [0.717, 1.165) is 18.4 Å². The molecule has 1 aromatic carbocycles. The van der Waals surface area contributed by atoms with Crippen LogP contribution in [0.15, 0.2) is 29.8 Å². The van der Waals surface area contributed by atoms with E-state index < -0.39 is 0 Å². The molecule has 0 bridgehead atoms. The quantitative estimate of drug-likeness (QED) is 0.857. The Labute approximate surface area is 112 Å². The number of hydrogen-bond acceptors (Lipinski definition) is 2. The molecule has 0 aliphatic carbocycles. The molecule has 0 spiro atoms. The highest BCUT2D eigenvalue weighted by atomic mass is 35.5. The maximum Gasteiger partial charge on any atom is 0.138 e. The highest BCUT2D eigenvalue weighted by molar-refractivity contribution is 6.32. The van der Waals surface area contributed by atoms with Crippen molar-refractivity contribution in [1.29, 1.82) is 0 Å². The molecule has 1 atom stereocenters. The normalized spacial score (nSPS) is 12.2. The van der Waals surface area contributed by atoms with Crippen LogP contribution < -0.4 is 10.5 Å². The van der Waals surface area contributed by atoms with Crippen LogP contribution in [0.2, 0.25) is 5.02 Å². The van der Waals surface area contributed by atoms with E-state index in [1.54, 1.807) is 0 Å². The molecule has 0 aromatic heterocycles. The lowest BCUT2D eigenvalue weighted by atomic mass is 10.0. The minimum Gasteiger partial charge on any atom is -0.486 e. The third-order valence-corrected chi connectivity index (χ3v) is 2.81. The Morgan fingerprint density at radius 1 is 1.53 bits per heavy atom. The van der Waals surface area contributed by atoms with E-state index in [4.69, 9.17) is 33.7 Å². The lowest BCUT2D eigenvalue weighted by molar-refractivity contribution is 0.359. The Kier molecular flexibility index (Phi) is 5.83. The Balaban J connectivity index is 2.68. The first-order valence-corrected chi connectivity index (χ1v) is 6.28. The van der Waals surface area contributed by atoms with Gasteiger partial charge in [-0.15, -0.1) is 0 Å². The minimum atomic E-state index is 0.167. The van der Waals surface area contributed by atoms with Gasteiger partial charge in [0.1, 0.15) is 12.4 Å². The maximum absolute atomic E-state index is 6.10. The van der Waals surface area contributed by atoms with Gasteiger partial charge in [-0.25, -0.2) is 0 Å². The largest absolute Gasteiger partial charge is 0.486 e. The first-order chi connectivity index (χ1) is 8.02. The van der Waals surface area contributed by atoms with Crippen LogP contribution in [-0.2, 0) is 6.42 Å². The average molecular weight is 274 g/mol. The van der Waals surface area contributed by atoms with E-state index in [-0.39, 0.29) is 12.6 Å². The van der Waals surface area contributed by atoms with Crippen LogP contribution >= 0.6 is 23.2 Å². The summed E-state index contributed by atoms with van der Waals surface area (Å²) in [6.45, 7) is 5.87. The van der Waals surface area contributed by atoms with Crippen LogP contribution in [0.25, 0.3) is 0 Å². The van der Waals surface area contributed by atoms with Gasteiger partial charge in [0.15, 0.2) is 0 Å². The maximum atomic E-state index is 6.10. The summed E-state index contributed by atoms with van der Waals surface area (Å²) in [6, 6.07) is 5.84. The van der Waals surface area contributed by atoms with Crippen LogP contribution in [0, 0.1) is 0 Å². The van der Waals surface area contributed by atoms with Crippen molar-refractivity contribution in [3.05, 3.63) is 40.4 Å². The third-order valence-electron chi connectivity index (χ3n) is 2.40. The number of halogens is 2. The van der Waals surface area contributed by atoms with Gasteiger partial charge in [0.2, 0.25) is 0 Å². The number of rotatable bonds is 6. The standard InChI is InChI=1S/C13H17Cl2NO/c1-3-11(16)6-10-4-5-13(12(15)7-10)17-8-9(2)14/h4-5,7,11H,2-3,6,8,16H2,1H3. The molecule has 0 amide bonds. The molecule has 0 aliphatic rings. The molecule has 17 heavy (non-hydrogen) atoms. The van der Waals surface area contributed by atoms with E-state index >= 15 is 0 Å². The predicted octanol–water partition coefficient (Wildman–Crippen LogP) is 3.75. The van der Waals surface area contributed by atoms with E-state index in [1.165, 1.54) is 0 Å². The van der Waals surface area contributed by atoms with Crippen molar-refractivity contribution in [3.63, 3.8) is 0 Å². The summed E-state index contributed by atoms with van der Waals surface area (Å²) < 4.78 is 5.39. The SMILES string of the molecule is C=C(Cl)COc1ccc(CC(N)CC)cc1Cl. The highest BCUT2D eigenvalue weighted by Gasteiger charge is 2.06. The third kappa shape index (κ3) is 4.99. The van der Waals surface area contributed by atoms with Crippen molar-refractivity contribution in [3.8, 4) is 5.75 Å². The Hall–Kier alpha value is -0.700. The summed E-state index contributed by atoms with van der Waals surface area (Å²) in [7, 11) is 0. The first kappa shape index (κ1) is 14.4. The van der Waals surface area contributed by atoms with Gasteiger partial charge in [-0.3, -0.25) is 0 Å². The molecule has 1 unspecified atom stereocenters. The summed E-state index contributed by atoms with van der Waals surface area (Å²) in [6.07, 6.45) is 1.76. The second-order valence-corrected chi connectivity index (χ2v) is 4.88. The smallest absolute Gasteiger partial charge is 0.138 e. The van der Waals surface area contributed by atoms with Crippen LogP contribution in [0.3, 0.4) is 0 Å². The van der Waals surface area contributed by atoms with Crippen LogP contribution in [0.5, 0.6) is 5.75 Å². The number of benzene rings is 1. The number of hydrogen-bond donors (Lipinski definition) is 1. The van der Waals surface area contributed by atoms with Gasteiger partial charge in [-0.05, 0) is 30.5 Å². The van der Waals surface area contributed by atoms with Crippen LogP contribution in [0.4, 0.5) is 0 Å². The summed E-state index contributed by atoms with van der Waals surface area (Å²) in [5.41, 5.74) is 7.00. The molecule has 0 aliphatic heterocycles. The highest BCUT2D eigenvalue weighted by Crippen LogP contribution is 2.26. The summed E-state index contributed by atoms with van der Waals surface area (Å²) in [5.74, 6) is 0.613. The van der Waals surface area contributed by atoms with E-state index in [0.29, 0.717) is 15.8 Å². The molecular weight excluding hydrogens is 257 g/mol. The summed E-state index contributed by atoms with van der Waals surface area (Å²) in [5, 5.41) is 1.02. The van der Waals surface area contributed by atoms with Gasteiger partial charge in [0, 0.05) is 11.1 Å². The average Bonchev–Trinajstić information content (AvgIpc) is 2.27. The van der Waals surface area contributed by atoms with Crippen LogP contribution in [-0.4, -0.2) is 12.6 Å². The van der Waals surface area contributed by atoms with Crippen molar-refractivity contribution >= 4 is 23.2 Å². The van der Waals surface area contributed by atoms with Crippen molar-refractivity contribution in [2.75, 3.05) is 6.61 Å². The van der Waals surface area contributed by atoms with Gasteiger partial charge >= 0.3 is 0 Å². The Morgan fingerprint density at radius 3 is 2.76 bits per heavy atom. The van der Waals surface area contributed by atoms with E-state index in [2.05, 4.69) is 13.5 Å². The lowest BCUT2D eigenvalue weighted by Crippen LogP contribution is -2.21. The number of ether oxygens (including phenoxy) is 1. The Morgan fingerprint density at radius 2 is 2.24 bits per heavy atom. The molecule has 1 aromatic rings. The second-order valence-electron chi connectivity index (χ2n) is 3.94. The fourth-order valence-electron chi connectivity index (χ4n) is 1.39. The zero-order valence-electron chi connectivity index (χ0n) is 9.88. The predicted molar refractivity (Wildman–Crippen MR) is 73.9 cm³/mol. The fraction of sp³-hybridized carbons (Fsp3) is 0.385. The van der Waals surface area contributed by atoms with Crippen molar-refractivity contribution in [2.24, 2.45) is 5.73 Å². The number of nitrogens with two attached hydrogens (primary N) is 1. The molecule has 94 valence electrons. The van der Waals surface area contributed by atoms with Gasteiger partial charge in [-0.1, -0.05) is 42.8 Å². The zero-order chi connectivity index (χ0) is 12.8. The molecule has 2 nitrogen and oxygen atoms in total. The first-order valence-electron chi connectivity index (χ1n) is 5.53. The molecule has 0 heterocycles. The monoisotopic (exact) mass is 273 g/mol. The molecule has 2 N–H and O–H groups in total.